The zero-order valence-corrected chi connectivity index (χ0v) is 33.1. The lowest BCUT2D eigenvalue weighted by Gasteiger charge is -2.30. The third-order valence-corrected chi connectivity index (χ3v) is 11.2. The number of allylic oxidation sites excluding steroid dienone is 3. The highest BCUT2D eigenvalue weighted by atomic mass is 16.6. The van der Waals surface area contributed by atoms with E-state index in [-0.39, 0.29) is 35.7 Å². The molecule has 2 aliphatic rings. The second-order valence-corrected chi connectivity index (χ2v) is 15.3. The summed E-state index contributed by atoms with van der Waals surface area (Å²) in [7, 11) is 2.02. The fourth-order valence-electron chi connectivity index (χ4n) is 8.06. The summed E-state index contributed by atoms with van der Waals surface area (Å²) in [6.07, 6.45) is 17.6. The first-order valence-corrected chi connectivity index (χ1v) is 20.5. The van der Waals surface area contributed by atoms with Crippen molar-refractivity contribution < 1.29 is 24.5 Å². The van der Waals surface area contributed by atoms with Crippen molar-refractivity contribution in [1.29, 1.82) is 0 Å². The fourth-order valence-corrected chi connectivity index (χ4v) is 8.06. The molecule has 0 saturated carbocycles. The summed E-state index contributed by atoms with van der Waals surface area (Å²) in [5.74, 6) is 1.10. The maximum absolute atomic E-state index is 13.0. The van der Waals surface area contributed by atoms with Crippen LogP contribution < -0.4 is 26.4 Å². The zero-order chi connectivity index (χ0) is 39.5. The molecule has 2 unspecified atom stereocenters. The average molecular weight is 763 g/mol. The minimum absolute atomic E-state index is 0.0497. The number of nitrogens with one attached hydrogen (secondary N) is 3. The van der Waals surface area contributed by atoms with Gasteiger partial charge in [0, 0.05) is 12.6 Å². The van der Waals surface area contributed by atoms with E-state index in [9.17, 15) is 19.8 Å². The first-order valence-electron chi connectivity index (χ1n) is 20.5. The molecule has 3 aromatic carbocycles. The van der Waals surface area contributed by atoms with E-state index >= 15 is 0 Å². The molecule has 300 valence electrons. The molecule has 0 bridgehead atoms. The summed E-state index contributed by atoms with van der Waals surface area (Å²) in [5, 5.41) is 30.2. The summed E-state index contributed by atoms with van der Waals surface area (Å²) in [4.78, 5) is 25.8. The summed E-state index contributed by atoms with van der Waals surface area (Å²) in [5.41, 5.74) is 13.7. The Labute approximate surface area is 333 Å². The summed E-state index contributed by atoms with van der Waals surface area (Å²) in [6, 6.07) is 22.5. The van der Waals surface area contributed by atoms with E-state index in [0.717, 1.165) is 87.2 Å². The molecule has 7 N–H and O–H groups in total. The number of Topliss-reactive ketones (excluding diaryl/α,β-unsaturated/α-hetero) is 1. The van der Waals surface area contributed by atoms with Gasteiger partial charge < -0.3 is 36.6 Å². The minimum atomic E-state index is -0.606. The molecule has 9 heteroatoms. The highest BCUT2D eigenvalue weighted by Gasteiger charge is 2.23. The highest BCUT2D eigenvalue weighted by molar-refractivity contribution is 6.06. The second kappa shape index (κ2) is 22.9. The number of unbranched alkanes of at least 4 members (excludes halogenated alkanes) is 2. The number of phenolic OH excluding ortho intramolecular Hbond substituents is 1. The van der Waals surface area contributed by atoms with Gasteiger partial charge in [-0.15, -0.1) is 0 Å². The SMILES string of the molecule is CNCC(CCCCCC(=O)CC(=O)C=Cc1cc(OCO)c(O)cc1CC1=CNC(N)C=C1CCc1cccc(CCc2ccccc2)c1)C1CCNCC1. The van der Waals surface area contributed by atoms with Gasteiger partial charge in [-0.05, 0) is 160 Å². The number of benzene rings is 3. The van der Waals surface area contributed by atoms with Gasteiger partial charge in [-0.2, -0.15) is 0 Å². The highest BCUT2D eigenvalue weighted by Crippen LogP contribution is 2.34. The molecule has 2 heterocycles. The molecule has 0 aliphatic carbocycles. The van der Waals surface area contributed by atoms with E-state index in [0.29, 0.717) is 24.3 Å². The number of aromatic hydroxyl groups is 1. The number of dihydropyridines is 1. The Morgan fingerprint density at radius 3 is 2.41 bits per heavy atom. The third-order valence-electron chi connectivity index (χ3n) is 11.2. The van der Waals surface area contributed by atoms with Crippen LogP contribution in [0, 0.1) is 11.8 Å². The van der Waals surface area contributed by atoms with Crippen molar-refractivity contribution >= 4 is 17.6 Å². The summed E-state index contributed by atoms with van der Waals surface area (Å²) < 4.78 is 5.27. The van der Waals surface area contributed by atoms with E-state index in [1.165, 1.54) is 42.0 Å². The Hall–Kier alpha value is -4.54. The first kappa shape index (κ1) is 42.6. The number of piperidine rings is 1. The van der Waals surface area contributed by atoms with Crippen LogP contribution in [-0.4, -0.2) is 61.4 Å². The molecule has 9 nitrogen and oxygen atoms in total. The van der Waals surface area contributed by atoms with Crippen LogP contribution in [0.4, 0.5) is 0 Å². The topological polar surface area (TPSA) is 146 Å². The number of nitrogens with two attached hydrogens (primary N) is 1. The van der Waals surface area contributed by atoms with Crippen LogP contribution in [0.5, 0.6) is 11.5 Å². The van der Waals surface area contributed by atoms with Crippen molar-refractivity contribution in [1.82, 2.24) is 16.0 Å². The summed E-state index contributed by atoms with van der Waals surface area (Å²) >= 11 is 0. The minimum Gasteiger partial charge on any atom is -0.504 e. The number of aliphatic hydroxyl groups is 1. The van der Waals surface area contributed by atoms with Crippen LogP contribution in [0.15, 0.2) is 96.2 Å². The van der Waals surface area contributed by atoms with Crippen molar-refractivity contribution in [2.75, 3.05) is 33.5 Å². The lowest BCUT2D eigenvalue weighted by Crippen LogP contribution is -2.35. The van der Waals surface area contributed by atoms with Crippen molar-refractivity contribution in [2.24, 2.45) is 17.6 Å². The smallest absolute Gasteiger partial charge is 0.186 e. The van der Waals surface area contributed by atoms with Gasteiger partial charge in [-0.25, -0.2) is 0 Å². The maximum Gasteiger partial charge on any atom is 0.186 e. The number of aryl methyl sites for hydroxylation is 3. The molecule has 56 heavy (non-hydrogen) atoms. The van der Waals surface area contributed by atoms with Crippen LogP contribution in [0.1, 0.15) is 85.6 Å². The normalized spacial score (nSPS) is 16.6. The van der Waals surface area contributed by atoms with Crippen molar-refractivity contribution in [3.8, 4) is 11.5 Å². The number of rotatable bonds is 23. The number of carbonyl (C=O) groups is 2. The van der Waals surface area contributed by atoms with Gasteiger partial charge in [-0.1, -0.05) is 73.5 Å². The Morgan fingerprint density at radius 2 is 1.66 bits per heavy atom. The Balaban J connectivity index is 1.16. The molecule has 2 atom stereocenters. The van der Waals surface area contributed by atoms with Crippen LogP contribution in [0.3, 0.4) is 0 Å². The van der Waals surface area contributed by atoms with E-state index in [1.54, 1.807) is 18.2 Å². The molecule has 1 fully saturated rings. The molecule has 0 amide bonds. The Bertz CT molecular complexity index is 1800. The third kappa shape index (κ3) is 13.9. The molecule has 0 radical (unpaired) electrons. The predicted molar refractivity (Wildman–Crippen MR) is 225 cm³/mol. The van der Waals surface area contributed by atoms with Crippen LogP contribution >= 0.6 is 0 Å². The number of ketones is 2. The number of ether oxygens (including phenoxy) is 1. The number of phenols is 1. The van der Waals surface area contributed by atoms with Gasteiger partial charge in [0.05, 0.1) is 12.6 Å². The molecule has 5 rings (SSSR count). The van der Waals surface area contributed by atoms with Crippen molar-refractivity contribution in [3.05, 3.63) is 124 Å². The number of hydrogen-bond acceptors (Lipinski definition) is 9. The fraction of sp³-hybridized carbons (Fsp3) is 0.447. The quantitative estimate of drug-likeness (QED) is 0.0269. The van der Waals surface area contributed by atoms with Crippen LogP contribution in [-0.2, 0) is 35.3 Å². The average Bonchev–Trinajstić information content (AvgIpc) is 3.21. The van der Waals surface area contributed by atoms with Gasteiger partial charge in [0.2, 0.25) is 0 Å². The lowest BCUT2D eigenvalue weighted by molar-refractivity contribution is -0.124. The molecular formula is C47H62N4O5. The van der Waals surface area contributed by atoms with E-state index in [4.69, 9.17) is 10.5 Å². The van der Waals surface area contributed by atoms with Gasteiger partial charge in [-0.3, -0.25) is 9.59 Å². The Morgan fingerprint density at radius 1 is 0.929 bits per heavy atom. The largest absolute Gasteiger partial charge is 0.504 e. The lowest BCUT2D eigenvalue weighted by atomic mass is 9.81. The zero-order valence-electron chi connectivity index (χ0n) is 33.1. The molecular weight excluding hydrogens is 701 g/mol. The summed E-state index contributed by atoms with van der Waals surface area (Å²) in [6.45, 7) is 2.63. The van der Waals surface area contributed by atoms with Crippen LogP contribution in [0.2, 0.25) is 0 Å². The van der Waals surface area contributed by atoms with Crippen molar-refractivity contribution in [3.63, 3.8) is 0 Å². The van der Waals surface area contributed by atoms with Crippen molar-refractivity contribution in [2.45, 2.75) is 89.6 Å². The number of hydrogen-bond donors (Lipinski definition) is 6. The molecule has 3 aromatic rings. The monoisotopic (exact) mass is 762 g/mol. The number of carbonyl (C=O) groups excluding carboxylic acids is 2. The van der Waals surface area contributed by atoms with Gasteiger partial charge in [0.15, 0.2) is 24.1 Å². The van der Waals surface area contributed by atoms with E-state index < -0.39 is 6.79 Å². The van der Waals surface area contributed by atoms with E-state index in [1.807, 2.05) is 25.4 Å². The molecule has 2 aliphatic heterocycles. The Kier molecular flexibility index (Phi) is 17.4. The predicted octanol–water partition coefficient (Wildman–Crippen LogP) is 6.71. The standard InChI is InChI=1S/C47H62N4O5/c1-49-31-40(37-21-23-50-24-22-37)13-6-3-7-14-43(53)30-44(54)20-19-38-28-46(56-33-52)45(55)27-41(38)26-42-32-51-47(48)29-39(42)18-17-36-12-8-11-35(25-36)16-15-34-9-4-2-5-10-34/h2,4-5,8-12,19-20,25,27-29,32,37,40,47,49-52,55H,3,6-7,13-18,21-24,26,30-31,33,48H2,1H3. The second-order valence-electron chi connectivity index (χ2n) is 15.3. The van der Waals surface area contributed by atoms with Gasteiger partial charge >= 0.3 is 0 Å². The van der Waals surface area contributed by atoms with E-state index in [2.05, 4.69) is 64.5 Å². The van der Waals surface area contributed by atoms with Gasteiger partial charge in [0.1, 0.15) is 5.78 Å². The number of aliphatic hydroxyl groups excluding tert-OH is 1. The molecule has 0 spiro atoms. The maximum atomic E-state index is 13.0. The first-order chi connectivity index (χ1) is 27.3. The molecule has 1 saturated heterocycles. The van der Waals surface area contributed by atoms with Gasteiger partial charge in [0.25, 0.3) is 0 Å². The van der Waals surface area contributed by atoms with Crippen LogP contribution in [0.25, 0.3) is 6.08 Å². The molecule has 0 aromatic heterocycles.